The van der Waals surface area contributed by atoms with Crippen molar-refractivity contribution < 1.29 is 23.6 Å². The minimum atomic E-state index is -0.549. The molecule has 1 aliphatic carbocycles. The minimum absolute atomic E-state index is 0.0598. The summed E-state index contributed by atoms with van der Waals surface area (Å²) >= 11 is 4.24. The second-order valence-corrected chi connectivity index (χ2v) is 12.0. The van der Waals surface area contributed by atoms with Gasteiger partial charge in [-0.2, -0.15) is 12.6 Å². The van der Waals surface area contributed by atoms with Crippen LogP contribution in [0.4, 0.5) is 4.79 Å². The first-order valence-electron chi connectivity index (χ1n) is 14.6. The van der Waals surface area contributed by atoms with Crippen LogP contribution < -0.4 is 16.1 Å². The molecule has 1 aliphatic heterocycles. The lowest BCUT2D eigenvalue weighted by Gasteiger charge is -2.32. The Balaban J connectivity index is 1.29. The number of unbranched alkanes of at least 4 members (excludes halogenated alkanes) is 7. The maximum absolute atomic E-state index is 12.5. The Morgan fingerprint density at radius 2 is 1.52 bits per heavy atom. The molecule has 0 unspecified atom stereocenters. The number of nitrogens with one attached hydrogen (secondary N) is 2. The van der Waals surface area contributed by atoms with Crippen molar-refractivity contribution in [2.75, 3.05) is 12.3 Å². The summed E-state index contributed by atoms with van der Waals surface area (Å²) in [5, 5.41) is 5.73. The van der Waals surface area contributed by atoms with Gasteiger partial charge in [0, 0.05) is 18.9 Å². The Hall–Kier alpha value is -1.71. The van der Waals surface area contributed by atoms with Gasteiger partial charge in [-0.3, -0.25) is 4.79 Å². The van der Waals surface area contributed by atoms with Gasteiger partial charge in [0.1, 0.15) is 6.61 Å². The zero-order valence-electron chi connectivity index (χ0n) is 24.6. The van der Waals surface area contributed by atoms with Crippen molar-refractivity contribution in [1.82, 2.24) is 10.6 Å². The first-order valence-corrected chi connectivity index (χ1v) is 15.2. The van der Waals surface area contributed by atoms with Crippen molar-refractivity contribution in [3.8, 4) is 0 Å². The molecule has 0 atom stereocenters. The molecule has 2 N–H and O–H groups in total. The van der Waals surface area contributed by atoms with Crippen molar-refractivity contribution in [1.29, 1.82) is 0 Å². The van der Waals surface area contributed by atoms with Gasteiger partial charge in [-0.1, -0.05) is 62.8 Å². The predicted molar refractivity (Wildman–Crippen MR) is 163 cm³/mol. The van der Waals surface area contributed by atoms with Crippen LogP contribution in [0.5, 0.6) is 0 Å². The maximum Gasteiger partial charge on any atom is 0.495 e. The van der Waals surface area contributed by atoms with Crippen LogP contribution in [0.1, 0.15) is 91.0 Å². The zero-order chi connectivity index (χ0) is 29.0. The van der Waals surface area contributed by atoms with Gasteiger partial charge in [0.05, 0.1) is 17.2 Å². The molecular weight excluding hydrogens is 523 g/mol. The molecule has 1 heterocycles. The lowest BCUT2D eigenvalue weighted by Crippen LogP contribution is -2.41. The number of carbonyl (C=O) groups is 2. The van der Waals surface area contributed by atoms with Crippen molar-refractivity contribution in [3.05, 3.63) is 61.1 Å². The lowest BCUT2D eigenvalue weighted by molar-refractivity contribution is -0.121. The average Bonchev–Trinajstić information content (AvgIpc) is 3.45. The number of carbonyl (C=O) groups excluding carboxylic acids is 2. The molecule has 0 aromatic heterocycles. The number of hydrogen-bond donors (Lipinski definition) is 3. The fourth-order valence-corrected chi connectivity index (χ4v) is 4.81. The quantitative estimate of drug-likeness (QED) is 0.139. The topological polar surface area (TPSA) is 85.9 Å². The standard InChI is InChI=1S/C31H46BN2O5S/c1-30(2)31(3,4)39-32(38-30)27-16-13-12-15-25(27)23-37-29(36)34-26-19-18-24(21-26)22-33-28(35)17-11-9-7-5-6-8-10-14-20-40/h12-13,15-16,18-19,21,40H,5-11,14,17,20,22-23H2,1-4H3,(H,33,35)(H,34,36). The van der Waals surface area contributed by atoms with Crippen molar-refractivity contribution >= 4 is 37.2 Å². The largest absolute Gasteiger partial charge is 0.495 e. The summed E-state index contributed by atoms with van der Waals surface area (Å²) in [5.74, 6) is 1.96. The Morgan fingerprint density at radius 3 is 2.20 bits per heavy atom. The summed E-state index contributed by atoms with van der Waals surface area (Å²) in [6.07, 6.45) is 15.0. The second kappa shape index (κ2) is 16.1. The lowest BCUT2D eigenvalue weighted by atomic mass is 9.76. The van der Waals surface area contributed by atoms with Crippen LogP contribution in [0.2, 0.25) is 0 Å². The van der Waals surface area contributed by atoms with Crippen LogP contribution in [0.25, 0.3) is 0 Å². The third-order valence-corrected chi connectivity index (χ3v) is 8.10. The Labute approximate surface area is 247 Å². The summed E-state index contributed by atoms with van der Waals surface area (Å²) < 4.78 is 17.9. The van der Waals surface area contributed by atoms with Crippen molar-refractivity contribution in [3.63, 3.8) is 0 Å². The second-order valence-electron chi connectivity index (χ2n) is 11.6. The molecule has 2 fully saturated rings. The van der Waals surface area contributed by atoms with Crippen LogP contribution >= 0.6 is 12.6 Å². The summed E-state index contributed by atoms with van der Waals surface area (Å²) in [7, 11) is -0.529. The van der Waals surface area contributed by atoms with Gasteiger partial charge in [0.2, 0.25) is 5.91 Å². The van der Waals surface area contributed by atoms with Gasteiger partial charge >= 0.3 is 13.2 Å². The summed E-state index contributed by atoms with van der Waals surface area (Å²) in [6.45, 7) is 8.56. The highest BCUT2D eigenvalue weighted by atomic mass is 32.1. The van der Waals surface area contributed by atoms with Gasteiger partial charge in [-0.15, -0.1) is 0 Å². The van der Waals surface area contributed by atoms with Crippen molar-refractivity contribution in [2.45, 2.75) is 103 Å². The minimum Gasteiger partial charge on any atom is -0.445 e. The Morgan fingerprint density at radius 1 is 0.900 bits per heavy atom. The monoisotopic (exact) mass is 569 g/mol. The smallest absolute Gasteiger partial charge is 0.445 e. The molecule has 5 radical (unpaired) electrons. The highest BCUT2D eigenvalue weighted by Crippen LogP contribution is 2.36. The first kappa shape index (κ1) is 32.8. The molecule has 40 heavy (non-hydrogen) atoms. The number of thiol groups is 1. The molecule has 0 bridgehead atoms. The molecule has 3 rings (SSSR count). The number of rotatable bonds is 16. The first-order chi connectivity index (χ1) is 19.1. The number of benzene rings is 1. The van der Waals surface area contributed by atoms with Gasteiger partial charge < -0.3 is 24.7 Å². The predicted octanol–water partition coefficient (Wildman–Crippen LogP) is 5.50. The highest BCUT2D eigenvalue weighted by molar-refractivity contribution is 7.80. The van der Waals surface area contributed by atoms with Crippen LogP contribution in [0, 0.1) is 31.2 Å². The number of amides is 2. The molecular formula is C31H46BN2O5S. The van der Waals surface area contributed by atoms with E-state index in [1.165, 1.54) is 38.5 Å². The average molecular weight is 570 g/mol. The van der Waals surface area contributed by atoms with E-state index in [4.69, 9.17) is 14.0 Å². The molecule has 2 aliphatic rings. The fourth-order valence-electron chi connectivity index (χ4n) is 4.59. The maximum atomic E-state index is 12.5. The molecule has 1 aromatic rings. The van der Waals surface area contributed by atoms with Crippen molar-refractivity contribution in [2.24, 2.45) is 0 Å². The molecule has 2 amide bonds. The van der Waals surface area contributed by atoms with E-state index in [1.807, 2.05) is 64.8 Å². The molecule has 1 saturated carbocycles. The third kappa shape index (κ3) is 10.3. The van der Waals surface area contributed by atoms with E-state index in [9.17, 15) is 9.59 Å². The Bertz CT molecular complexity index is 928. The van der Waals surface area contributed by atoms with E-state index in [0.29, 0.717) is 19.0 Å². The number of ether oxygens (including phenoxy) is 1. The summed E-state index contributed by atoms with van der Waals surface area (Å²) in [4.78, 5) is 24.7. The Kier molecular flexibility index (Phi) is 13.2. The van der Waals surface area contributed by atoms with E-state index in [2.05, 4.69) is 23.3 Å². The van der Waals surface area contributed by atoms with E-state index in [0.717, 1.165) is 35.5 Å². The molecule has 0 spiro atoms. The van der Waals surface area contributed by atoms with Crippen LogP contribution in [0.3, 0.4) is 0 Å². The van der Waals surface area contributed by atoms with E-state index < -0.39 is 24.4 Å². The van der Waals surface area contributed by atoms with Gasteiger partial charge in [-0.05, 0) is 76.6 Å². The number of hydrogen-bond acceptors (Lipinski definition) is 6. The van der Waals surface area contributed by atoms with Gasteiger partial charge in [0.15, 0.2) is 0 Å². The van der Waals surface area contributed by atoms with E-state index >= 15 is 0 Å². The molecule has 9 heteroatoms. The number of alkyl carbamates (subject to hydrolysis) is 1. The third-order valence-electron chi connectivity index (χ3n) is 7.79. The highest BCUT2D eigenvalue weighted by Gasteiger charge is 2.52. The summed E-state index contributed by atoms with van der Waals surface area (Å²) in [5.41, 5.74) is 0.763. The van der Waals surface area contributed by atoms with Crippen LogP contribution in [-0.4, -0.2) is 42.6 Å². The van der Waals surface area contributed by atoms with E-state index in [1.54, 1.807) is 6.42 Å². The van der Waals surface area contributed by atoms with Crippen LogP contribution in [-0.2, 0) is 25.4 Å². The molecule has 1 saturated heterocycles. The fraction of sp³-hybridized carbons (Fsp3) is 0.581. The summed E-state index contributed by atoms with van der Waals surface area (Å²) in [6, 6.07) is 8.29. The molecule has 1 aromatic carbocycles. The molecule has 219 valence electrons. The normalized spacial score (nSPS) is 18.7. The van der Waals surface area contributed by atoms with Gasteiger partial charge in [0.25, 0.3) is 0 Å². The zero-order valence-corrected chi connectivity index (χ0v) is 25.5. The van der Waals surface area contributed by atoms with Gasteiger partial charge in [-0.25, -0.2) is 4.79 Å². The molecule has 7 nitrogen and oxygen atoms in total. The van der Waals surface area contributed by atoms with E-state index in [-0.39, 0.29) is 12.5 Å². The van der Waals surface area contributed by atoms with Crippen LogP contribution in [0.15, 0.2) is 24.3 Å². The SMILES string of the molecule is CC1(C)OB(c2ccccc2COC(=O)N[C]2[CH][CH][C](CNC(=O)CCCCCCCCCCS)[CH]2)OC1(C)C.